The summed E-state index contributed by atoms with van der Waals surface area (Å²) < 4.78 is 2.22. The van der Waals surface area contributed by atoms with Gasteiger partial charge in [-0.25, -0.2) is 0 Å². The molecule has 3 nitrogen and oxygen atoms in total. The fourth-order valence-corrected chi connectivity index (χ4v) is 3.22. The number of fused-ring (bicyclic) bond motifs is 2. The zero-order valence-electron chi connectivity index (χ0n) is 12.7. The van der Waals surface area contributed by atoms with Gasteiger partial charge in [0.1, 0.15) is 0 Å². The second-order valence-corrected chi connectivity index (χ2v) is 6.09. The smallest absolute Gasteiger partial charge is 0.0515 e. The molecular formula is C17H24N2O. The molecule has 1 aromatic heterocycles. The molecule has 2 aromatic rings. The third-order valence-electron chi connectivity index (χ3n) is 4.46. The Labute approximate surface area is 120 Å². The molecule has 0 saturated carbocycles. The largest absolute Gasteiger partial charge is 0.393 e. The molecule has 0 bridgehead atoms. The number of hydrogen-bond donors (Lipinski definition) is 1. The van der Waals surface area contributed by atoms with E-state index in [1.165, 1.54) is 27.6 Å². The predicted octanol–water partition coefficient (Wildman–Crippen LogP) is 2.83. The van der Waals surface area contributed by atoms with Gasteiger partial charge in [0.15, 0.2) is 0 Å². The van der Waals surface area contributed by atoms with E-state index in [0.717, 1.165) is 32.5 Å². The van der Waals surface area contributed by atoms with Crippen molar-refractivity contribution < 1.29 is 5.11 Å². The maximum absolute atomic E-state index is 9.50. The third kappa shape index (κ3) is 2.36. The Hall–Kier alpha value is -1.32. The molecule has 1 aliphatic rings. The summed E-state index contributed by atoms with van der Waals surface area (Å²) in [5.41, 5.74) is 5.63. The predicted molar refractivity (Wildman–Crippen MR) is 82.7 cm³/mol. The Bertz CT molecular complexity index is 627. The van der Waals surface area contributed by atoms with Gasteiger partial charge in [-0.3, -0.25) is 4.90 Å². The summed E-state index contributed by atoms with van der Waals surface area (Å²) in [7, 11) is 2.12. The highest BCUT2D eigenvalue weighted by Gasteiger charge is 2.20. The number of aliphatic hydroxyl groups is 1. The molecule has 0 amide bonds. The summed E-state index contributed by atoms with van der Waals surface area (Å²) in [5, 5.41) is 10.9. The highest BCUT2D eigenvalue weighted by atomic mass is 16.3. The van der Waals surface area contributed by atoms with Gasteiger partial charge in [-0.05, 0) is 55.1 Å². The first-order chi connectivity index (χ1) is 9.58. The summed E-state index contributed by atoms with van der Waals surface area (Å²) in [6, 6.07) is 4.73. The molecule has 3 heteroatoms. The number of nitrogens with zero attached hydrogens (tertiary/aromatic N) is 2. The average molecular weight is 272 g/mol. The first-order valence-corrected chi connectivity index (χ1v) is 7.58. The summed E-state index contributed by atoms with van der Waals surface area (Å²) in [6.07, 6.45) is 3.78. The molecule has 3 rings (SSSR count). The van der Waals surface area contributed by atoms with Crippen LogP contribution in [0.25, 0.3) is 10.9 Å². The molecule has 20 heavy (non-hydrogen) atoms. The van der Waals surface area contributed by atoms with Crippen LogP contribution in [0.1, 0.15) is 37.0 Å². The van der Waals surface area contributed by atoms with Crippen LogP contribution < -0.4 is 0 Å². The Morgan fingerprint density at radius 1 is 1.25 bits per heavy atom. The van der Waals surface area contributed by atoms with Crippen molar-refractivity contribution in [2.24, 2.45) is 7.05 Å². The van der Waals surface area contributed by atoms with Crippen molar-refractivity contribution in [2.45, 2.75) is 45.9 Å². The van der Waals surface area contributed by atoms with Crippen LogP contribution in [0.15, 0.2) is 18.3 Å². The fraction of sp³-hybridized carbons (Fsp3) is 0.529. The maximum atomic E-state index is 9.50. The minimum absolute atomic E-state index is 0.227. The molecule has 0 aliphatic carbocycles. The molecule has 1 aliphatic heterocycles. The summed E-state index contributed by atoms with van der Waals surface area (Å²) in [4.78, 5) is 2.47. The SMILES string of the molecule is CCN1Cc2cc3c(CCC(C)O)cn(C)c3cc2C1. The fourth-order valence-electron chi connectivity index (χ4n) is 3.22. The van der Waals surface area contributed by atoms with E-state index in [1.807, 2.05) is 6.92 Å². The van der Waals surface area contributed by atoms with Gasteiger partial charge in [0.25, 0.3) is 0 Å². The van der Waals surface area contributed by atoms with Gasteiger partial charge in [0, 0.05) is 37.2 Å². The summed E-state index contributed by atoms with van der Waals surface area (Å²) >= 11 is 0. The van der Waals surface area contributed by atoms with Crippen molar-refractivity contribution in [2.75, 3.05) is 6.54 Å². The van der Waals surface area contributed by atoms with E-state index < -0.39 is 0 Å². The first-order valence-electron chi connectivity index (χ1n) is 7.58. The van der Waals surface area contributed by atoms with Crippen LogP contribution in [-0.2, 0) is 26.6 Å². The van der Waals surface area contributed by atoms with E-state index in [0.29, 0.717) is 0 Å². The second kappa shape index (κ2) is 5.23. The van der Waals surface area contributed by atoms with E-state index >= 15 is 0 Å². The molecule has 108 valence electrons. The van der Waals surface area contributed by atoms with Crippen LogP contribution in [0.3, 0.4) is 0 Å². The lowest BCUT2D eigenvalue weighted by molar-refractivity contribution is 0.185. The molecule has 0 saturated heterocycles. The van der Waals surface area contributed by atoms with Gasteiger partial charge < -0.3 is 9.67 Å². The molecular weight excluding hydrogens is 248 g/mol. The minimum Gasteiger partial charge on any atom is -0.393 e. The molecule has 1 N–H and O–H groups in total. The van der Waals surface area contributed by atoms with Gasteiger partial charge in [-0.2, -0.15) is 0 Å². The quantitative estimate of drug-likeness (QED) is 0.927. The lowest BCUT2D eigenvalue weighted by atomic mass is 10.0. The van der Waals surface area contributed by atoms with E-state index in [1.54, 1.807) is 0 Å². The van der Waals surface area contributed by atoms with E-state index in [2.05, 4.69) is 41.8 Å². The zero-order valence-corrected chi connectivity index (χ0v) is 12.7. The zero-order chi connectivity index (χ0) is 14.3. The average Bonchev–Trinajstić information content (AvgIpc) is 2.95. The van der Waals surface area contributed by atoms with Gasteiger partial charge >= 0.3 is 0 Å². The number of rotatable bonds is 4. The Morgan fingerprint density at radius 3 is 2.60 bits per heavy atom. The van der Waals surface area contributed by atoms with E-state index in [4.69, 9.17) is 0 Å². The highest BCUT2D eigenvalue weighted by molar-refractivity contribution is 5.85. The lowest BCUT2D eigenvalue weighted by Gasteiger charge is -2.09. The minimum atomic E-state index is -0.227. The summed E-state index contributed by atoms with van der Waals surface area (Å²) in [6.45, 7) is 7.35. The van der Waals surface area contributed by atoms with Gasteiger partial charge in [-0.15, -0.1) is 0 Å². The van der Waals surface area contributed by atoms with Crippen LogP contribution in [-0.4, -0.2) is 27.2 Å². The van der Waals surface area contributed by atoms with Crippen molar-refractivity contribution >= 4 is 10.9 Å². The van der Waals surface area contributed by atoms with Crippen LogP contribution in [0.4, 0.5) is 0 Å². The topological polar surface area (TPSA) is 28.4 Å². The highest BCUT2D eigenvalue weighted by Crippen LogP contribution is 2.30. The van der Waals surface area contributed by atoms with Crippen molar-refractivity contribution in [3.63, 3.8) is 0 Å². The van der Waals surface area contributed by atoms with Crippen LogP contribution in [0.2, 0.25) is 0 Å². The van der Waals surface area contributed by atoms with E-state index in [9.17, 15) is 5.11 Å². The molecule has 2 heterocycles. The Kier molecular flexibility index (Phi) is 3.57. The molecule has 0 spiro atoms. The lowest BCUT2D eigenvalue weighted by Crippen LogP contribution is -2.14. The monoisotopic (exact) mass is 272 g/mol. The first kappa shape index (κ1) is 13.7. The number of aromatic nitrogens is 1. The van der Waals surface area contributed by atoms with E-state index in [-0.39, 0.29) is 6.10 Å². The van der Waals surface area contributed by atoms with Gasteiger partial charge in [-0.1, -0.05) is 6.92 Å². The molecule has 1 atom stereocenters. The number of aryl methyl sites for hydroxylation is 2. The van der Waals surface area contributed by atoms with Crippen molar-refractivity contribution in [1.82, 2.24) is 9.47 Å². The molecule has 0 fully saturated rings. The standard InChI is InChI=1S/C17H24N2O/c1-4-19-10-14-7-16-13(6-5-12(2)20)9-18(3)17(16)8-15(14)11-19/h7-9,12,20H,4-6,10-11H2,1-3H3. The maximum Gasteiger partial charge on any atom is 0.0515 e. The van der Waals surface area contributed by atoms with Crippen molar-refractivity contribution in [3.8, 4) is 0 Å². The van der Waals surface area contributed by atoms with Crippen LogP contribution >= 0.6 is 0 Å². The van der Waals surface area contributed by atoms with Crippen LogP contribution in [0, 0.1) is 0 Å². The third-order valence-corrected chi connectivity index (χ3v) is 4.46. The number of hydrogen-bond acceptors (Lipinski definition) is 2. The Balaban J connectivity index is 1.99. The molecule has 1 unspecified atom stereocenters. The number of aliphatic hydroxyl groups excluding tert-OH is 1. The molecule has 1 aromatic carbocycles. The Morgan fingerprint density at radius 2 is 1.95 bits per heavy atom. The van der Waals surface area contributed by atoms with Crippen molar-refractivity contribution in [3.05, 3.63) is 35.0 Å². The molecule has 0 radical (unpaired) electrons. The summed E-state index contributed by atoms with van der Waals surface area (Å²) in [5.74, 6) is 0. The van der Waals surface area contributed by atoms with Crippen molar-refractivity contribution in [1.29, 1.82) is 0 Å². The normalized spacial score (nSPS) is 16.8. The number of benzene rings is 1. The van der Waals surface area contributed by atoms with Crippen LogP contribution in [0.5, 0.6) is 0 Å². The van der Waals surface area contributed by atoms with Gasteiger partial charge in [0.2, 0.25) is 0 Å². The van der Waals surface area contributed by atoms with Gasteiger partial charge in [0.05, 0.1) is 6.10 Å². The second-order valence-electron chi connectivity index (χ2n) is 6.09.